The van der Waals surface area contributed by atoms with Crippen molar-refractivity contribution in [3.05, 3.63) is 81.9 Å². The van der Waals surface area contributed by atoms with Crippen LogP contribution in [-0.2, 0) is 16.2 Å². The molecule has 0 bridgehead atoms. The van der Waals surface area contributed by atoms with Crippen molar-refractivity contribution in [1.82, 2.24) is 0 Å². The minimum Gasteiger partial charge on any atom is -0.378 e. The van der Waals surface area contributed by atoms with Gasteiger partial charge >= 0.3 is 0 Å². The quantitative estimate of drug-likeness (QED) is 0.162. The summed E-state index contributed by atoms with van der Waals surface area (Å²) in [5, 5.41) is 89.6. The molecular weight excluding hydrogens is 953 g/mol. The summed E-state index contributed by atoms with van der Waals surface area (Å²) >= 11 is 0. The van der Waals surface area contributed by atoms with E-state index in [1.807, 2.05) is 0 Å². The van der Waals surface area contributed by atoms with Gasteiger partial charge in [-0.05, 0) is 349 Å². The van der Waals surface area contributed by atoms with Crippen LogP contribution >= 0.6 is 0 Å². The third-order valence-corrected chi connectivity index (χ3v) is 28.0. The van der Waals surface area contributed by atoms with Gasteiger partial charge in [-0.2, -0.15) is 0 Å². The van der Waals surface area contributed by atoms with Crippen molar-refractivity contribution in [3.8, 4) is 0 Å². The molecule has 79 heavy (non-hydrogen) atoms. The van der Waals surface area contributed by atoms with Gasteiger partial charge in [0.2, 0.25) is 0 Å². The summed E-state index contributed by atoms with van der Waals surface area (Å²) in [6, 6.07) is 20.6. The Bertz CT molecular complexity index is 7300. The van der Waals surface area contributed by atoms with Gasteiger partial charge in [-0.25, -0.2) is 0 Å². The molecule has 0 heterocycles. The lowest BCUT2D eigenvalue weighted by Crippen LogP contribution is -2.27. The van der Waals surface area contributed by atoms with Gasteiger partial charge in [0.15, 0.2) is 0 Å². The van der Waals surface area contributed by atoms with E-state index in [0.29, 0.717) is 0 Å². The third-order valence-electron chi connectivity index (χ3n) is 28.0. The van der Waals surface area contributed by atoms with E-state index >= 15 is 0 Å². The number of hydrogen-bond donors (Lipinski definition) is 0. The van der Waals surface area contributed by atoms with E-state index < -0.39 is 5.41 Å². The average molecular weight is 973 g/mol. The molecule has 1 fully saturated rings. The van der Waals surface area contributed by atoms with E-state index in [2.05, 4.69) is 86.5 Å². The molecule has 338 valence electrons. The zero-order valence-corrected chi connectivity index (χ0v) is 42.0. The molecule has 5 aliphatic carbocycles. The Morgan fingerprint density at radius 3 is 0.418 bits per heavy atom. The first-order chi connectivity index (χ1) is 39.1. The second-order valence-corrected chi connectivity index (χ2v) is 28.9. The molecule has 2 nitrogen and oxygen atoms in total. The van der Waals surface area contributed by atoms with Crippen LogP contribution in [0.5, 0.6) is 0 Å². The van der Waals surface area contributed by atoms with Crippen LogP contribution in [0.15, 0.2) is 48.5 Å². The molecule has 35 rings (SSSR count). The van der Waals surface area contributed by atoms with Crippen molar-refractivity contribution in [2.24, 2.45) is 0 Å². The predicted octanol–water partition coefficient (Wildman–Crippen LogP) is 19.4. The maximum atomic E-state index is 2.65. The fourth-order valence-corrected chi connectivity index (χ4v) is 27.6. The second-order valence-electron chi connectivity index (χ2n) is 28.9. The van der Waals surface area contributed by atoms with Crippen molar-refractivity contribution < 1.29 is 0 Å². The predicted molar refractivity (Wildman–Crippen MR) is 336 cm³/mol. The van der Waals surface area contributed by atoms with Gasteiger partial charge in [0.25, 0.3) is 0 Å². The first-order valence-corrected chi connectivity index (χ1v) is 29.4. The summed E-state index contributed by atoms with van der Waals surface area (Å²) in [5.41, 5.74) is 11.3. The van der Waals surface area contributed by atoms with Crippen LogP contribution in [0.25, 0.3) is 291 Å². The Kier molecular flexibility index (Phi) is 2.82. The highest BCUT2D eigenvalue weighted by atomic mass is 15.1. The Labute approximate surface area is 435 Å². The molecular formula is C77H20N2. The standard InChI is InChI=1S/C77H20N2/c1-78(2)15-9-5-13(6-10-15)75(14-7-11-16(12-8-14)79(3)4)76-71-63-55-45-35-27-19-17-18-21-25-23(19)31-39-33(25)43-37-29(21)30-22(18)26-24-20(17)28(27)36-42-32(24)40-34(26)44-38(30)48-47(37)57-51(43)61-53(39)59(49(55)41(31)35)67(71)69(61)73-65(57)66-58(48)52(44)62-54(40)60-50(42)56(46(36)45)64(63)72(76)68(60)70(62)74(66)77(73,75)76/h5-12H,1-4H3. The van der Waals surface area contributed by atoms with Crippen LogP contribution in [0.1, 0.15) is 33.4 Å². The Hall–Kier alpha value is -9.50. The fourth-order valence-electron chi connectivity index (χ4n) is 27.6. The molecule has 0 amide bonds. The molecule has 0 N–H and O–H groups in total. The Morgan fingerprint density at radius 1 is 0.165 bits per heavy atom. The summed E-state index contributed by atoms with van der Waals surface area (Å²) in [4.78, 5) is 4.64. The van der Waals surface area contributed by atoms with Crippen molar-refractivity contribution in [3.63, 3.8) is 0 Å². The van der Waals surface area contributed by atoms with Crippen LogP contribution in [0.4, 0.5) is 11.4 Å². The number of nitrogens with zero attached hydrogens (tertiary/aromatic N) is 2. The molecule has 5 aliphatic rings. The lowest BCUT2D eigenvalue weighted by Gasteiger charge is -2.32. The smallest absolute Gasteiger partial charge is 0.0528 e. The molecule has 30 aromatic rings. The molecule has 0 radical (unpaired) electrons. The number of anilines is 2. The van der Waals surface area contributed by atoms with E-state index in [4.69, 9.17) is 0 Å². The fraction of sp³-hybridized carbons (Fsp3) is 0.0909. The maximum absolute atomic E-state index is 2.65. The van der Waals surface area contributed by atoms with Crippen LogP contribution in [0.2, 0.25) is 0 Å². The molecule has 1 saturated carbocycles. The van der Waals surface area contributed by atoms with E-state index in [1.165, 1.54) is 22.5 Å². The van der Waals surface area contributed by atoms with E-state index in [9.17, 15) is 0 Å². The van der Waals surface area contributed by atoms with Gasteiger partial charge < -0.3 is 9.80 Å². The average Bonchev–Trinajstić information content (AvgIpc) is 1.37. The molecule has 0 saturated heterocycles. The Balaban J connectivity index is 1.07. The van der Waals surface area contributed by atoms with Crippen LogP contribution in [-0.4, -0.2) is 28.2 Å². The van der Waals surface area contributed by atoms with Gasteiger partial charge in [-0.15, -0.1) is 0 Å². The molecule has 30 aromatic carbocycles. The van der Waals surface area contributed by atoms with Crippen LogP contribution < -0.4 is 9.80 Å². The monoisotopic (exact) mass is 972 g/mol. The van der Waals surface area contributed by atoms with Crippen LogP contribution in [0, 0.1) is 0 Å². The van der Waals surface area contributed by atoms with Crippen molar-refractivity contribution >= 4 is 302 Å². The van der Waals surface area contributed by atoms with Gasteiger partial charge in [0.05, 0.1) is 16.2 Å². The lowest BCUT2D eigenvalue weighted by atomic mass is 9.68. The minimum atomic E-state index is -0.445. The summed E-state index contributed by atoms with van der Waals surface area (Å²) in [7, 11) is 8.92. The molecule has 0 unspecified atom stereocenters. The van der Waals surface area contributed by atoms with E-state index in [1.54, 1.807) is 313 Å². The van der Waals surface area contributed by atoms with Crippen LogP contribution in [0.3, 0.4) is 0 Å². The first-order valence-electron chi connectivity index (χ1n) is 29.4. The van der Waals surface area contributed by atoms with E-state index in [-0.39, 0.29) is 10.8 Å². The zero-order chi connectivity index (χ0) is 48.1. The third kappa shape index (κ3) is 1.72. The first kappa shape index (κ1) is 31.0. The zero-order valence-electron chi connectivity index (χ0n) is 42.0. The summed E-state index contributed by atoms with van der Waals surface area (Å²) in [5.74, 6) is 0. The number of benzene rings is 20. The topological polar surface area (TPSA) is 6.48 Å². The normalized spacial score (nSPS) is 19.2. The molecule has 0 aliphatic heterocycles. The highest BCUT2D eigenvalue weighted by Gasteiger charge is 2.95. The summed E-state index contributed by atoms with van der Waals surface area (Å²) in [6.45, 7) is 0. The highest BCUT2D eigenvalue weighted by Crippen LogP contribution is 2.97. The van der Waals surface area contributed by atoms with Crippen molar-refractivity contribution in [1.29, 1.82) is 0 Å². The Morgan fingerprint density at radius 2 is 0.291 bits per heavy atom. The molecule has 2 spiro atoms. The molecule has 2 heteroatoms. The van der Waals surface area contributed by atoms with Gasteiger partial charge in [0, 0.05) is 39.6 Å². The van der Waals surface area contributed by atoms with Gasteiger partial charge in [-0.1, -0.05) is 24.3 Å². The molecule has 0 atom stereocenters. The summed E-state index contributed by atoms with van der Waals surface area (Å²) in [6.07, 6.45) is 0. The SMILES string of the molecule is CN(C)c1ccc(C2(c3ccc(N(C)C)cc3)C34c5c6c7c8c9c%10c(c%11c%12c3c3c5c5c%13c6c6c7c7c9c9c%14c%10c%10c%11c%11c%12c%12c3c3c5c5c%13c%13c6c6c7c9c7c9c%14c%10c%10c%11c%11c%12c3c3c5c5c%13c6c7c6c9c%10c%11c3c56)C824)cc1. The number of hydrogen-bond acceptors (Lipinski definition) is 2. The second kappa shape index (κ2) is 7.18. The van der Waals surface area contributed by atoms with Gasteiger partial charge in [-0.3, -0.25) is 0 Å². The lowest BCUT2D eigenvalue weighted by molar-refractivity contribution is 0.710. The highest BCUT2D eigenvalue weighted by molar-refractivity contribution is 6.82. The largest absolute Gasteiger partial charge is 0.378 e. The van der Waals surface area contributed by atoms with Gasteiger partial charge in [0.1, 0.15) is 0 Å². The maximum Gasteiger partial charge on any atom is 0.0528 e. The molecule has 0 aromatic heterocycles. The number of rotatable bonds is 4. The summed E-state index contributed by atoms with van der Waals surface area (Å²) < 4.78 is 0. The minimum absolute atomic E-state index is 0.384. The van der Waals surface area contributed by atoms with Crippen molar-refractivity contribution in [2.75, 3.05) is 38.0 Å². The van der Waals surface area contributed by atoms with E-state index in [0.717, 1.165) is 0 Å². The van der Waals surface area contributed by atoms with Crippen molar-refractivity contribution in [2.45, 2.75) is 16.2 Å².